The molecule has 24 heavy (non-hydrogen) atoms. The van der Waals surface area contributed by atoms with E-state index < -0.39 is 29.7 Å². The molecule has 2 heterocycles. The van der Waals surface area contributed by atoms with Crippen LogP contribution in [0, 0.1) is 11.8 Å². The highest BCUT2D eigenvalue weighted by Crippen LogP contribution is 2.35. The Hall–Kier alpha value is -1.79. The number of hydrogen-bond donors (Lipinski definition) is 1. The van der Waals surface area contributed by atoms with Crippen molar-refractivity contribution in [2.24, 2.45) is 11.8 Å². The van der Waals surface area contributed by atoms with E-state index >= 15 is 0 Å². The Balaban J connectivity index is 2.14. The summed E-state index contributed by atoms with van der Waals surface area (Å²) in [6, 6.07) is -1.42. The molecule has 0 aliphatic carbocycles. The van der Waals surface area contributed by atoms with Gasteiger partial charge in [0.1, 0.15) is 17.7 Å². The minimum Gasteiger partial charge on any atom is -0.480 e. The van der Waals surface area contributed by atoms with Gasteiger partial charge in [-0.05, 0) is 39.5 Å². The zero-order chi connectivity index (χ0) is 18.2. The fourth-order valence-corrected chi connectivity index (χ4v) is 3.51. The number of hydrogen-bond acceptors (Lipinski definition) is 4. The molecule has 2 rings (SSSR count). The van der Waals surface area contributed by atoms with Gasteiger partial charge in [0.25, 0.3) is 0 Å². The predicted molar refractivity (Wildman–Crippen MR) is 87.4 cm³/mol. The minimum atomic E-state index is -0.985. The van der Waals surface area contributed by atoms with Gasteiger partial charge >= 0.3 is 12.1 Å². The third-order valence-electron chi connectivity index (χ3n) is 4.47. The first-order valence-corrected chi connectivity index (χ1v) is 8.54. The lowest BCUT2D eigenvalue weighted by Crippen LogP contribution is -2.49. The summed E-state index contributed by atoms with van der Waals surface area (Å²) < 4.78 is 5.39. The fourth-order valence-electron chi connectivity index (χ4n) is 3.51. The monoisotopic (exact) mass is 340 g/mol. The molecule has 136 valence electrons. The molecule has 2 saturated heterocycles. The molecule has 3 atom stereocenters. The van der Waals surface area contributed by atoms with Gasteiger partial charge in [-0.2, -0.15) is 0 Å². The Bertz CT molecular complexity index is 526. The smallest absolute Gasteiger partial charge is 0.410 e. The molecule has 2 aliphatic heterocycles. The van der Waals surface area contributed by atoms with Crippen molar-refractivity contribution in [1.82, 2.24) is 9.80 Å². The molecule has 0 spiro atoms. The average molecular weight is 340 g/mol. The molecule has 2 fully saturated rings. The van der Waals surface area contributed by atoms with Gasteiger partial charge in [0, 0.05) is 19.0 Å². The molecule has 7 nitrogen and oxygen atoms in total. The van der Waals surface area contributed by atoms with E-state index in [1.807, 2.05) is 13.8 Å². The molecule has 0 radical (unpaired) electrons. The van der Waals surface area contributed by atoms with Crippen LogP contribution in [-0.2, 0) is 14.3 Å². The van der Waals surface area contributed by atoms with Crippen molar-refractivity contribution in [3.63, 3.8) is 0 Å². The molecule has 0 bridgehead atoms. The van der Waals surface area contributed by atoms with E-state index in [9.17, 15) is 19.5 Å². The van der Waals surface area contributed by atoms with Crippen LogP contribution in [0.4, 0.5) is 4.79 Å². The van der Waals surface area contributed by atoms with E-state index in [-0.39, 0.29) is 17.7 Å². The van der Waals surface area contributed by atoms with E-state index in [0.717, 1.165) is 0 Å². The second-order valence-corrected chi connectivity index (χ2v) is 8.14. The summed E-state index contributed by atoms with van der Waals surface area (Å²) in [4.78, 5) is 39.7. The van der Waals surface area contributed by atoms with Gasteiger partial charge in [0.15, 0.2) is 0 Å². The maximum absolute atomic E-state index is 12.8. The largest absolute Gasteiger partial charge is 0.480 e. The second-order valence-electron chi connectivity index (χ2n) is 8.14. The lowest BCUT2D eigenvalue weighted by atomic mass is 10.0. The van der Waals surface area contributed by atoms with Gasteiger partial charge in [0.05, 0.1) is 0 Å². The SMILES string of the molecule is CC(C)C[C@H](C(=O)O)N1C[C@@H]2CCN(C(=O)OC(C)(C)C)[C@@H]2C1=O. The van der Waals surface area contributed by atoms with E-state index in [1.165, 1.54) is 9.80 Å². The summed E-state index contributed by atoms with van der Waals surface area (Å²) in [6.07, 6.45) is 0.605. The summed E-state index contributed by atoms with van der Waals surface area (Å²) in [7, 11) is 0. The van der Waals surface area contributed by atoms with Crippen LogP contribution in [0.3, 0.4) is 0 Å². The quantitative estimate of drug-likeness (QED) is 0.845. The third-order valence-corrected chi connectivity index (χ3v) is 4.47. The van der Waals surface area contributed by atoms with Gasteiger partial charge in [-0.15, -0.1) is 0 Å². The molecular weight excluding hydrogens is 312 g/mol. The van der Waals surface area contributed by atoms with Crippen LogP contribution in [0.1, 0.15) is 47.5 Å². The first-order valence-electron chi connectivity index (χ1n) is 8.54. The summed E-state index contributed by atoms with van der Waals surface area (Å²) in [5, 5.41) is 9.49. The van der Waals surface area contributed by atoms with Crippen molar-refractivity contribution in [1.29, 1.82) is 0 Å². The van der Waals surface area contributed by atoms with E-state index in [0.29, 0.717) is 25.9 Å². The van der Waals surface area contributed by atoms with E-state index in [2.05, 4.69) is 0 Å². The fraction of sp³-hybridized carbons (Fsp3) is 0.824. The predicted octanol–water partition coefficient (Wildman–Crippen LogP) is 1.95. The highest BCUT2D eigenvalue weighted by Gasteiger charge is 2.52. The van der Waals surface area contributed by atoms with Crippen molar-refractivity contribution in [3.8, 4) is 0 Å². The molecule has 2 amide bonds. The van der Waals surface area contributed by atoms with Gasteiger partial charge < -0.3 is 14.7 Å². The zero-order valence-corrected chi connectivity index (χ0v) is 15.1. The van der Waals surface area contributed by atoms with Crippen LogP contribution in [0.25, 0.3) is 0 Å². The number of carbonyl (C=O) groups excluding carboxylic acids is 2. The minimum absolute atomic E-state index is 0.0148. The zero-order valence-electron chi connectivity index (χ0n) is 15.1. The van der Waals surface area contributed by atoms with Crippen molar-refractivity contribution in [2.45, 2.75) is 65.1 Å². The highest BCUT2D eigenvalue weighted by molar-refractivity contribution is 5.92. The van der Waals surface area contributed by atoms with Crippen LogP contribution >= 0.6 is 0 Å². The average Bonchev–Trinajstić information content (AvgIpc) is 2.94. The molecule has 1 N–H and O–H groups in total. The Labute approximate surface area is 142 Å². The number of carbonyl (C=O) groups is 3. The molecule has 0 saturated carbocycles. The number of amides is 2. The van der Waals surface area contributed by atoms with Crippen LogP contribution in [-0.4, -0.2) is 63.7 Å². The first kappa shape index (κ1) is 18.5. The molecule has 7 heteroatoms. The lowest BCUT2D eigenvalue weighted by molar-refractivity contribution is -0.150. The van der Waals surface area contributed by atoms with Gasteiger partial charge in [-0.1, -0.05) is 13.8 Å². The molecular formula is C17H28N2O5. The van der Waals surface area contributed by atoms with Crippen LogP contribution in [0.15, 0.2) is 0 Å². The number of likely N-dealkylation sites (tertiary alicyclic amines) is 2. The molecule has 0 aromatic carbocycles. The summed E-state index contributed by atoms with van der Waals surface area (Å²) in [5.74, 6) is -1.10. The maximum Gasteiger partial charge on any atom is 0.410 e. The van der Waals surface area contributed by atoms with Crippen LogP contribution < -0.4 is 0 Å². The van der Waals surface area contributed by atoms with Crippen molar-refractivity contribution >= 4 is 18.0 Å². The van der Waals surface area contributed by atoms with E-state index in [4.69, 9.17) is 4.74 Å². The molecule has 0 aromatic rings. The Kier molecular flexibility index (Phi) is 5.11. The maximum atomic E-state index is 12.8. The number of rotatable bonds is 4. The lowest BCUT2D eigenvalue weighted by Gasteiger charge is -2.30. The Morgan fingerprint density at radius 3 is 2.46 bits per heavy atom. The number of carboxylic acid groups (broad SMARTS) is 1. The normalized spacial score (nSPS) is 25.2. The topological polar surface area (TPSA) is 87.2 Å². The number of ether oxygens (including phenoxy) is 1. The molecule has 0 unspecified atom stereocenters. The van der Waals surface area contributed by atoms with E-state index in [1.54, 1.807) is 20.8 Å². The molecule has 2 aliphatic rings. The Morgan fingerprint density at radius 1 is 1.33 bits per heavy atom. The summed E-state index contributed by atoms with van der Waals surface area (Å²) in [6.45, 7) is 10.1. The standard InChI is InChI=1S/C17H28N2O5/c1-10(2)8-12(15(21)22)19-9-11-6-7-18(13(11)14(19)20)16(23)24-17(3,4)5/h10-13H,6-9H2,1-5H3,(H,21,22)/t11-,12+,13-/m0/s1. The first-order chi connectivity index (χ1) is 11.0. The van der Waals surface area contributed by atoms with Crippen LogP contribution in [0.5, 0.6) is 0 Å². The number of carboxylic acids is 1. The van der Waals surface area contributed by atoms with Gasteiger partial charge in [-0.3, -0.25) is 9.69 Å². The second kappa shape index (κ2) is 6.61. The number of fused-ring (bicyclic) bond motifs is 1. The van der Waals surface area contributed by atoms with Crippen molar-refractivity contribution in [3.05, 3.63) is 0 Å². The number of aliphatic carboxylic acids is 1. The van der Waals surface area contributed by atoms with Gasteiger partial charge in [-0.25, -0.2) is 9.59 Å². The van der Waals surface area contributed by atoms with Crippen LogP contribution in [0.2, 0.25) is 0 Å². The number of nitrogens with zero attached hydrogens (tertiary/aromatic N) is 2. The summed E-state index contributed by atoms with van der Waals surface area (Å²) >= 11 is 0. The summed E-state index contributed by atoms with van der Waals surface area (Å²) in [5.41, 5.74) is -0.627. The highest BCUT2D eigenvalue weighted by atomic mass is 16.6. The van der Waals surface area contributed by atoms with Crippen molar-refractivity contribution < 1.29 is 24.2 Å². The van der Waals surface area contributed by atoms with Gasteiger partial charge in [0.2, 0.25) is 5.91 Å². The third kappa shape index (κ3) is 3.82. The van der Waals surface area contributed by atoms with Crippen molar-refractivity contribution in [2.75, 3.05) is 13.1 Å². The Morgan fingerprint density at radius 2 is 1.96 bits per heavy atom. The molecule has 0 aromatic heterocycles.